The van der Waals surface area contributed by atoms with E-state index < -0.39 is 24.6 Å². The summed E-state index contributed by atoms with van der Waals surface area (Å²) < 4.78 is 40.3. The van der Waals surface area contributed by atoms with Crippen LogP contribution in [0.15, 0.2) is 30.3 Å². The van der Waals surface area contributed by atoms with E-state index in [-0.39, 0.29) is 13.2 Å². The van der Waals surface area contributed by atoms with Gasteiger partial charge in [0.05, 0.1) is 27.1 Å². The molecule has 1 aromatic carbocycles. The smallest absolute Gasteiger partial charge is 0.370 e. The van der Waals surface area contributed by atoms with Crippen molar-refractivity contribution in [3.8, 4) is 0 Å². The molecule has 0 unspecified atom stereocenters. The number of hydrogen-bond acceptors (Lipinski definition) is 4. The summed E-state index contributed by atoms with van der Waals surface area (Å²) >= 11 is 7.04. The molecule has 0 aliphatic rings. The van der Waals surface area contributed by atoms with Crippen molar-refractivity contribution in [3.05, 3.63) is 51.4 Å². The maximum Gasteiger partial charge on any atom is 0.411 e. The van der Waals surface area contributed by atoms with Gasteiger partial charge in [-0.3, -0.25) is 9.59 Å². The molecule has 0 saturated carbocycles. The Labute approximate surface area is 162 Å². The summed E-state index contributed by atoms with van der Waals surface area (Å²) in [4.78, 5) is 24.7. The van der Waals surface area contributed by atoms with Gasteiger partial charge in [-0.15, -0.1) is 11.3 Å². The molecular formula is C17H16ClF3N2O3S. The first kappa shape index (κ1) is 21.2. The molecule has 0 radical (unpaired) electrons. The van der Waals surface area contributed by atoms with Crippen LogP contribution >= 0.6 is 22.9 Å². The Morgan fingerprint density at radius 2 is 1.93 bits per heavy atom. The normalized spacial score (nSPS) is 11.3. The summed E-state index contributed by atoms with van der Waals surface area (Å²) in [5, 5.41) is 5.91. The molecule has 10 heteroatoms. The van der Waals surface area contributed by atoms with Gasteiger partial charge in [-0.05, 0) is 30.7 Å². The predicted molar refractivity (Wildman–Crippen MR) is 97.7 cm³/mol. The summed E-state index contributed by atoms with van der Waals surface area (Å²) in [6.45, 7) is 0.00911. The van der Waals surface area contributed by atoms with Crippen LogP contribution in [0, 0.1) is 6.92 Å². The molecule has 0 spiro atoms. The lowest BCUT2D eigenvalue weighted by Crippen LogP contribution is -2.28. The molecule has 0 bridgehead atoms. The molecule has 2 amide bonds. The monoisotopic (exact) mass is 420 g/mol. The van der Waals surface area contributed by atoms with E-state index in [0.717, 1.165) is 11.3 Å². The minimum absolute atomic E-state index is 0.0619. The van der Waals surface area contributed by atoms with E-state index in [9.17, 15) is 22.8 Å². The third-order valence-electron chi connectivity index (χ3n) is 3.28. The van der Waals surface area contributed by atoms with Gasteiger partial charge >= 0.3 is 6.18 Å². The Bertz CT molecular complexity index is 824. The molecule has 2 aromatic rings. The fourth-order valence-electron chi connectivity index (χ4n) is 2.10. The van der Waals surface area contributed by atoms with Gasteiger partial charge in [-0.2, -0.15) is 13.2 Å². The second-order valence-corrected chi connectivity index (χ2v) is 6.94. The molecule has 0 saturated heterocycles. The van der Waals surface area contributed by atoms with Crippen molar-refractivity contribution < 1.29 is 27.5 Å². The van der Waals surface area contributed by atoms with Crippen LogP contribution in [0.4, 0.5) is 18.2 Å². The van der Waals surface area contributed by atoms with Crippen molar-refractivity contribution in [2.45, 2.75) is 13.1 Å². The topological polar surface area (TPSA) is 67.4 Å². The highest BCUT2D eigenvalue weighted by molar-refractivity contribution is 7.18. The van der Waals surface area contributed by atoms with Gasteiger partial charge in [-0.1, -0.05) is 23.7 Å². The maximum absolute atomic E-state index is 12.3. The van der Waals surface area contributed by atoms with Gasteiger partial charge in [0.15, 0.2) is 0 Å². The average Bonchev–Trinajstić information content (AvgIpc) is 2.94. The molecule has 0 aliphatic carbocycles. The van der Waals surface area contributed by atoms with Crippen molar-refractivity contribution in [1.82, 2.24) is 5.32 Å². The quantitative estimate of drug-likeness (QED) is 0.657. The van der Waals surface area contributed by atoms with Crippen molar-refractivity contribution >= 4 is 39.8 Å². The van der Waals surface area contributed by atoms with E-state index in [1.807, 2.05) is 0 Å². The van der Waals surface area contributed by atoms with Gasteiger partial charge in [0.25, 0.3) is 11.8 Å². The van der Waals surface area contributed by atoms with E-state index >= 15 is 0 Å². The van der Waals surface area contributed by atoms with Crippen LogP contribution in [0.1, 0.15) is 25.6 Å². The molecule has 27 heavy (non-hydrogen) atoms. The number of ether oxygens (including phenoxy) is 1. The predicted octanol–water partition coefficient (Wildman–Crippen LogP) is 4.27. The zero-order valence-electron chi connectivity index (χ0n) is 14.2. The van der Waals surface area contributed by atoms with E-state index in [1.54, 1.807) is 37.3 Å². The second kappa shape index (κ2) is 9.20. The fraction of sp³-hybridized carbons (Fsp3) is 0.294. The Balaban J connectivity index is 1.90. The first-order valence-electron chi connectivity index (χ1n) is 7.76. The van der Waals surface area contributed by atoms with E-state index in [0.29, 0.717) is 26.0 Å². The number of halogens is 4. The van der Waals surface area contributed by atoms with Crippen LogP contribution in [0.2, 0.25) is 5.02 Å². The Morgan fingerprint density at radius 3 is 2.59 bits per heavy atom. The van der Waals surface area contributed by atoms with Crippen molar-refractivity contribution in [1.29, 1.82) is 0 Å². The first-order valence-corrected chi connectivity index (χ1v) is 8.96. The first-order chi connectivity index (χ1) is 12.7. The number of amides is 2. The lowest BCUT2D eigenvalue weighted by molar-refractivity contribution is -0.173. The van der Waals surface area contributed by atoms with Crippen LogP contribution in [0.3, 0.4) is 0 Å². The zero-order chi connectivity index (χ0) is 20.0. The standard InChI is InChI=1S/C17H16ClF3N2O3S/c1-10-8-13(23-15(24)11-4-2-3-5-12(11)18)27-14(10)16(25)22-6-7-26-9-17(19,20)21/h2-5,8H,6-7,9H2,1H3,(H,22,25)(H,23,24). The number of anilines is 1. The van der Waals surface area contributed by atoms with E-state index in [1.165, 1.54) is 0 Å². The Hall–Kier alpha value is -2.10. The fourth-order valence-corrected chi connectivity index (χ4v) is 3.30. The highest BCUT2D eigenvalue weighted by atomic mass is 35.5. The number of carbonyl (C=O) groups excluding carboxylic acids is 2. The molecule has 146 valence electrons. The number of nitrogens with one attached hydrogen (secondary N) is 2. The number of carbonyl (C=O) groups is 2. The van der Waals surface area contributed by atoms with Gasteiger partial charge in [0, 0.05) is 6.54 Å². The molecule has 0 fully saturated rings. The highest BCUT2D eigenvalue weighted by Crippen LogP contribution is 2.27. The molecule has 1 heterocycles. The van der Waals surface area contributed by atoms with Crippen LogP contribution in [0.5, 0.6) is 0 Å². The third kappa shape index (κ3) is 6.53. The molecular weight excluding hydrogens is 405 g/mol. The second-order valence-electron chi connectivity index (χ2n) is 5.48. The summed E-state index contributed by atoms with van der Waals surface area (Å²) in [6.07, 6.45) is -4.40. The van der Waals surface area contributed by atoms with E-state index in [2.05, 4.69) is 15.4 Å². The number of alkyl halides is 3. The van der Waals surface area contributed by atoms with Crippen LogP contribution in [0.25, 0.3) is 0 Å². The van der Waals surface area contributed by atoms with Crippen molar-refractivity contribution in [3.63, 3.8) is 0 Å². The molecule has 2 N–H and O–H groups in total. The van der Waals surface area contributed by atoms with Crippen LogP contribution in [-0.2, 0) is 4.74 Å². The van der Waals surface area contributed by atoms with Gasteiger partial charge in [0.1, 0.15) is 6.61 Å². The summed E-state index contributed by atoms with van der Waals surface area (Å²) in [7, 11) is 0. The Morgan fingerprint density at radius 1 is 1.22 bits per heavy atom. The van der Waals surface area contributed by atoms with Gasteiger partial charge < -0.3 is 15.4 Å². The number of thiophene rings is 1. The van der Waals surface area contributed by atoms with Gasteiger partial charge in [-0.25, -0.2) is 0 Å². The molecule has 0 atom stereocenters. The zero-order valence-corrected chi connectivity index (χ0v) is 15.7. The average molecular weight is 421 g/mol. The number of rotatable bonds is 7. The number of aryl methyl sites for hydroxylation is 1. The minimum Gasteiger partial charge on any atom is -0.370 e. The Kier molecular flexibility index (Phi) is 7.23. The summed E-state index contributed by atoms with van der Waals surface area (Å²) in [5.74, 6) is -0.860. The third-order valence-corrected chi connectivity index (χ3v) is 4.76. The summed E-state index contributed by atoms with van der Waals surface area (Å²) in [6, 6.07) is 8.19. The van der Waals surface area contributed by atoms with Crippen molar-refractivity contribution in [2.75, 3.05) is 25.1 Å². The lowest BCUT2D eigenvalue weighted by Gasteiger charge is -2.08. The molecule has 5 nitrogen and oxygen atoms in total. The SMILES string of the molecule is Cc1cc(NC(=O)c2ccccc2Cl)sc1C(=O)NCCOCC(F)(F)F. The van der Waals surface area contributed by atoms with Crippen LogP contribution < -0.4 is 10.6 Å². The summed E-state index contributed by atoms with van der Waals surface area (Å²) in [5.41, 5.74) is 0.932. The van der Waals surface area contributed by atoms with E-state index in [4.69, 9.17) is 11.6 Å². The van der Waals surface area contributed by atoms with Crippen LogP contribution in [-0.4, -0.2) is 37.7 Å². The minimum atomic E-state index is -4.40. The van der Waals surface area contributed by atoms with Crippen molar-refractivity contribution in [2.24, 2.45) is 0 Å². The molecule has 0 aliphatic heterocycles. The van der Waals surface area contributed by atoms with Gasteiger partial charge in [0.2, 0.25) is 0 Å². The maximum atomic E-state index is 12.3. The number of benzene rings is 1. The largest absolute Gasteiger partial charge is 0.411 e. The molecule has 1 aromatic heterocycles. The number of hydrogen-bond donors (Lipinski definition) is 2. The highest BCUT2D eigenvalue weighted by Gasteiger charge is 2.27. The lowest BCUT2D eigenvalue weighted by atomic mass is 10.2. The molecule has 2 rings (SSSR count).